The number of aromatic amines is 1. The van der Waals surface area contributed by atoms with Gasteiger partial charge in [-0.2, -0.15) is 0 Å². The summed E-state index contributed by atoms with van der Waals surface area (Å²) in [5.74, 6) is 1.21. The second kappa shape index (κ2) is 3.99. The van der Waals surface area contributed by atoms with E-state index in [0.29, 0.717) is 0 Å². The van der Waals surface area contributed by atoms with Gasteiger partial charge >= 0.3 is 0 Å². The lowest BCUT2D eigenvalue weighted by molar-refractivity contribution is 0.260. The molecule has 2 atom stereocenters. The Bertz CT molecular complexity index is 577. The molecule has 1 aromatic heterocycles. The van der Waals surface area contributed by atoms with E-state index in [0.717, 1.165) is 29.7 Å². The summed E-state index contributed by atoms with van der Waals surface area (Å²) < 4.78 is 0. The van der Waals surface area contributed by atoms with Crippen molar-refractivity contribution in [2.24, 2.45) is 5.73 Å². The van der Waals surface area contributed by atoms with Gasteiger partial charge < -0.3 is 15.8 Å². The van der Waals surface area contributed by atoms with Gasteiger partial charge in [-0.15, -0.1) is 0 Å². The molecule has 18 heavy (non-hydrogen) atoms. The van der Waals surface area contributed by atoms with Crippen LogP contribution in [-0.2, 0) is 5.41 Å². The van der Waals surface area contributed by atoms with Gasteiger partial charge in [0.25, 0.3) is 0 Å². The average Bonchev–Trinajstić information content (AvgIpc) is 2.76. The van der Waals surface area contributed by atoms with Crippen LogP contribution in [0.1, 0.15) is 38.4 Å². The normalized spacial score (nSPS) is 28.7. The third-order valence-electron chi connectivity index (χ3n) is 4.29. The summed E-state index contributed by atoms with van der Waals surface area (Å²) in [6.07, 6.45) is 4.53. The molecule has 1 aromatic carbocycles. The average molecular weight is 245 g/mol. The van der Waals surface area contributed by atoms with Gasteiger partial charge in [-0.3, -0.25) is 0 Å². The second-order valence-corrected chi connectivity index (χ2v) is 5.56. The molecular weight excluding hydrogens is 226 g/mol. The second-order valence-electron chi connectivity index (χ2n) is 5.56. The molecule has 4 N–H and O–H groups in total. The number of nitrogens with one attached hydrogen (secondary N) is 1. The van der Waals surface area contributed by atoms with Crippen molar-refractivity contribution in [1.82, 2.24) is 9.97 Å². The molecule has 2 unspecified atom stereocenters. The summed E-state index contributed by atoms with van der Waals surface area (Å²) in [4.78, 5) is 7.98. The Kier molecular flexibility index (Phi) is 2.55. The van der Waals surface area contributed by atoms with Gasteiger partial charge in [0.1, 0.15) is 11.6 Å². The lowest BCUT2D eigenvalue weighted by Gasteiger charge is -2.37. The van der Waals surface area contributed by atoms with Crippen LogP contribution in [0.15, 0.2) is 18.2 Å². The number of phenolic OH excluding ortho intramolecular Hbond substituents is 1. The zero-order valence-electron chi connectivity index (χ0n) is 10.6. The van der Waals surface area contributed by atoms with E-state index < -0.39 is 0 Å². The van der Waals surface area contributed by atoms with E-state index in [-0.39, 0.29) is 17.2 Å². The molecule has 1 aliphatic carbocycles. The fourth-order valence-electron chi connectivity index (χ4n) is 2.92. The van der Waals surface area contributed by atoms with Gasteiger partial charge in [0.15, 0.2) is 0 Å². The van der Waals surface area contributed by atoms with Gasteiger partial charge in [0.2, 0.25) is 0 Å². The van der Waals surface area contributed by atoms with Gasteiger partial charge in [-0.25, -0.2) is 4.98 Å². The number of benzene rings is 1. The number of rotatable bonds is 1. The highest BCUT2D eigenvalue weighted by Crippen LogP contribution is 2.37. The largest absolute Gasteiger partial charge is 0.508 e. The molecule has 0 bridgehead atoms. The zero-order valence-corrected chi connectivity index (χ0v) is 10.6. The SMILES string of the molecule is CC1(c2nc3ccc(O)cc3[nH]2)CCCCC1N. The highest BCUT2D eigenvalue weighted by atomic mass is 16.3. The first-order chi connectivity index (χ1) is 8.59. The van der Waals surface area contributed by atoms with Crippen LogP contribution >= 0.6 is 0 Å². The minimum atomic E-state index is -0.0765. The molecule has 0 aliphatic heterocycles. The summed E-state index contributed by atoms with van der Waals surface area (Å²) in [6, 6.07) is 5.36. The van der Waals surface area contributed by atoms with Crippen LogP contribution in [-0.4, -0.2) is 21.1 Å². The fourth-order valence-corrected chi connectivity index (χ4v) is 2.92. The maximum Gasteiger partial charge on any atom is 0.117 e. The van der Waals surface area contributed by atoms with E-state index in [9.17, 15) is 5.11 Å². The van der Waals surface area contributed by atoms with E-state index in [1.54, 1.807) is 12.1 Å². The maximum atomic E-state index is 9.49. The Morgan fingerprint density at radius 1 is 1.44 bits per heavy atom. The van der Waals surface area contributed by atoms with Crippen molar-refractivity contribution in [3.8, 4) is 5.75 Å². The lowest BCUT2D eigenvalue weighted by atomic mass is 9.71. The number of hydrogen-bond acceptors (Lipinski definition) is 3. The molecule has 4 nitrogen and oxygen atoms in total. The van der Waals surface area contributed by atoms with Crippen LogP contribution in [0.2, 0.25) is 0 Å². The first-order valence-corrected chi connectivity index (χ1v) is 6.54. The Labute approximate surface area is 106 Å². The Morgan fingerprint density at radius 3 is 3.06 bits per heavy atom. The number of imidazole rings is 1. The highest BCUT2D eigenvalue weighted by Gasteiger charge is 2.38. The van der Waals surface area contributed by atoms with Gasteiger partial charge in [-0.05, 0) is 25.0 Å². The third kappa shape index (κ3) is 1.68. The van der Waals surface area contributed by atoms with E-state index in [4.69, 9.17) is 5.73 Å². The maximum absolute atomic E-state index is 9.49. The van der Waals surface area contributed by atoms with Crippen LogP contribution in [0, 0.1) is 0 Å². The van der Waals surface area contributed by atoms with Crippen molar-refractivity contribution in [3.05, 3.63) is 24.0 Å². The molecule has 2 aromatic rings. The molecule has 0 saturated heterocycles. The molecule has 1 heterocycles. The number of H-pyrrole nitrogens is 1. The van der Waals surface area contributed by atoms with Crippen LogP contribution in [0.5, 0.6) is 5.75 Å². The van der Waals surface area contributed by atoms with Crippen LogP contribution in [0.25, 0.3) is 11.0 Å². The molecule has 1 saturated carbocycles. The Morgan fingerprint density at radius 2 is 2.28 bits per heavy atom. The molecule has 0 radical (unpaired) electrons. The number of fused-ring (bicyclic) bond motifs is 1. The number of hydrogen-bond donors (Lipinski definition) is 3. The number of nitrogens with zero attached hydrogens (tertiary/aromatic N) is 1. The summed E-state index contributed by atoms with van der Waals surface area (Å²) in [5.41, 5.74) is 7.98. The smallest absolute Gasteiger partial charge is 0.117 e. The van der Waals surface area contributed by atoms with Gasteiger partial charge in [-0.1, -0.05) is 19.8 Å². The van der Waals surface area contributed by atoms with Crippen molar-refractivity contribution in [3.63, 3.8) is 0 Å². The van der Waals surface area contributed by atoms with Crippen LogP contribution in [0.4, 0.5) is 0 Å². The summed E-state index contributed by atoms with van der Waals surface area (Å²) >= 11 is 0. The molecule has 96 valence electrons. The first kappa shape index (κ1) is 11.5. The van der Waals surface area contributed by atoms with E-state index in [1.165, 1.54) is 12.8 Å². The monoisotopic (exact) mass is 245 g/mol. The fraction of sp³-hybridized carbons (Fsp3) is 0.500. The van der Waals surface area contributed by atoms with Crippen molar-refractivity contribution < 1.29 is 5.11 Å². The minimum absolute atomic E-state index is 0.0765. The summed E-state index contributed by atoms with van der Waals surface area (Å²) in [7, 11) is 0. The predicted molar refractivity (Wildman–Crippen MR) is 71.6 cm³/mol. The van der Waals surface area contributed by atoms with Crippen molar-refractivity contribution in [2.75, 3.05) is 0 Å². The Hall–Kier alpha value is -1.55. The van der Waals surface area contributed by atoms with Crippen molar-refractivity contribution >= 4 is 11.0 Å². The molecule has 0 spiro atoms. The summed E-state index contributed by atoms with van der Waals surface area (Å²) in [6.45, 7) is 2.19. The summed E-state index contributed by atoms with van der Waals surface area (Å²) in [5, 5.41) is 9.49. The molecule has 1 fully saturated rings. The quantitative estimate of drug-likeness (QED) is 0.722. The van der Waals surface area contributed by atoms with Crippen LogP contribution < -0.4 is 5.73 Å². The van der Waals surface area contributed by atoms with Gasteiger partial charge in [0.05, 0.1) is 11.0 Å². The van der Waals surface area contributed by atoms with E-state index >= 15 is 0 Å². The number of phenols is 1. The van der Waals surface area contributed by atoms with E-state index in [2.05, 4.69) is 16.9 Å². The molecule has 3 rings (SSSR count). The topological polar surface area (TPSA) is 74.9 Å². The van der Waals surface area contributed by atoms with Crippen molar-refractivity contribution in [2.45, 2.75) is 44.1 Å². The third-order valence-corrected chi connectivity index (χ3v) is 4.29. The molecule has 1 aliphatic rings. The minimum Gasteiger partial charge on any atom is -0.508 e. The highest BCUT2D eigenvalue weighted by molar-refractivity contribution is 5.76. The molecular formula is C14H19N3O. The number of aromatic nitrogens is 2. The molecule has 4 heteroatoms. The standard InChI is InChI=1S/C14H19N3O/c1-14(7-3-2-4-12(14)15)13-16-10-6-5-9(18)8-11(10)17-13/h5-6,8,12,18H,2-4,7,15H2,1H3,(H,16,17). The number of aromatic hydroxyl groups is 1. The Balaban J connectivity index is 2.07. The van der Waals surface area contributed by atoms with E-state index in [1.807, 2.05) is 6.07 Å². The van der Waals surface area contributed by atoms with Crippen LogP contribution in [0.3, 0.4) is 0 Å². The first-order valence-electron chi connectivity index (χ1n) is 6.54. The van der Waals surface area contributed by atoms with Gasteiger partial charge in [0, 0.05) is 17.5 Å². The molecule has 0 amide bonds. The lowest BCUT2D eigenvalue weighted by Crippen LogP contribution is -2.46. The van der Waals surface area contributed by atoms with Crippen molar-refractivity contribution in [1.29, 1.82) is 0 Å². The number of nitrogens with two attached hydrogens (primary N) is 1. The predicted octanol–water partition coefficient (Wildman–Crippen LogP) is 2.43. The zero-order chi connectivity index (χ0) is 12.8.